The molecule has 7 nitrogen and oxygen atoms in total. The minimum atomic E-state index is -3.75. The number of anilines is 3. The topological polar surface area (TPSA) is 82.6 Å². The molecule has 31 heavy (non-hydrogen) atoms. The number of rotatable bonds is 5. The van der Waals surface area contributed by atoms with Crippen LogP contribution in [0.1, 0.15) is 14.8 Å². The van der Waals surface area contributed by atoms with Crippen molar-refractivity contribution in [2.45, 2.75) is 23.8 Å². The third-order valence-corrected chi connectivity index (χ3v) is 7.82. The van der Waals surface area contributed by atoms with Gasteiger partial charge >= 0.3 is 0 Å². The highest BCUT2D eigenvalue weighted by molar-refractivity contribution is 7.93. The van der Waals surface area contributed by atoms with E-state index in [1.54, 1.807) is 28.5 Å². The SMILES string of the molecule is O=C1[C@@H](N2CCc3cccc(F)c32)CCN1c1ccc(S(=O)(=O)Nc2nccs2)cc1.[HH].[HH]. The summed E-state index contributed by atoms with van der Waals surface area (Å²) in [5, 5.41) is 1.97. The lowest BCUT2D eigenvalue weighted by atomic mass is 10.1. The predicted octanol–water partition coefficient (Wildman–Crippen LogP) is 3.74. The number of nitrogens with one attached hydrogen (secondary N) is 1. The molecule has 2 aromatic carbocycles. The van der Waals surface area contributed by atoms with E-state index >= 15 is 0 Å². The molecule has 2 aliphatic rings. The summed E-state index contributed by atoms with van der Waals surface area (Å²) in [6.45, 7) is 1.10. The first-order valence-corrected chi connectivity index (χ1v) is 12.2. The van der Waals surface area contributed by atoms with Gasteiger partial charge in [0.05, 0.1) is 10.6 Å². The monoisotopic (exact) mass is 462 g/mol. The Kier molecular flexibility index (Phi) is 4.90. The zero-order valence-electron chi connectivity index (χ0n) is 16.4. The van der Waals surface area contributed by atoms with Crippen molar-refractivity contribution in [3.63, 3.8) is 0 Å². The van der Waals surface area contributed by atoms with Crippen LogP contribution in [-0.2, 0) is 21.2 Å². The second kappa shape index (κ2) is 7.61. The van der Waals surface area contributed by atoms with Crippen LogP contribution in [0.5, 0.6) is 0 Å². The summed E-state index contributed by atoms with van der Waals surface area (Å²) >= 11 is 1.19. The van der Waals surface area contributed by atoms with E-state index in [2.05, 4.69) is 9.71 Å². The fraction of sp³-hybridized carbons (Fsp3) is 0.238. The van der Waals surface area contributed by atoms with Crippen LogP contribution in [0.2, 0.25) is 0 Å². The van der Waals surface area contributed by atoms with Crippen molar-refractivity contribution < 1.29 is 20.5 Å². The van der Waals surface area contributed by atoms with Gasteiger partial charge in [0.25, 0.3) is 10.0 Å². The molecule has 3 heterocycles. The van der Waals surface area contributed by atoms with Crippen LogP contribution in [0.15, 0.2) is 58.9 Å². The fourth-order valence-corrected chi connectivity index (χ4v) is 6.00. The molecule has 5 rings (SSSR count). The number of sulfonamides is 1. The largest absolute Gasteiger partial charge is 0.357 e. The number of benzene rings is 2. The van der Waals surface area contributed by atoms with Crippen molar-refractivity contribution in [3.05, 3.63) is 65.4 Å². The van der Waals surface area contributed by atoms with E-state index in [0.29, 0.717) is 36.0 Å². The second-order valence-electron chi connectivity index (χ2n) is 7.42. The van der Waals surface area contributed by atoms with Crippen LogP contribution < -0.4 is 14.5 Å². The van der Waals surface area contributed by atoms with E-state index in [1.165, 1.54) is 35.7 Å². The van der Waals surface area contributed by atoms with Gasteiger partial charge in [-0.1, -0.05) is 12.1 Å². The molecule has 3 aromatic rings. The van der Waals surface area contributed by atoms with Crippen molar-refractivity contribution in [1.29, 1.82) is 0 Å². The molecule has 2 aliphatic heterocycles. The number of hydrogen-bond donors (Lipinski definition) is 1. The normalized spacial score (nSPS) is 18.5. The highest BCUT2D eigenvalue weighted by Crippen LogP contribution is 2.36. The smallest absolute Gasteiger partial charge is 0.263 e. The number of carbonyl (C=O) groups excluding carboxylic acids is 1. The highest BCUT2D eigenvalue weighted by Gasteiger charge is 2.40. The van der Waals surface area contributed by atoms with Gasteiger partial charge in [0, 0.05) is 33.2 Å². The molecule has 164 valence electrons. The summed E-state index contributed by atoms with van der Waals surface area (Å²) in [5.41, 5.74) is 2.07. The van der Waals surface area contributed by atoms with E-state index in [9.17, 15) is 17.6 Å². The molecule has 0 radical (unpaired) electrons. The zero-order chi connectivity index (χ0) is 21.6. The molecule has 0 saturated carbocycles. The summed E-state index contributed by atoms with van der Waals surface area (Å²) in [4.78, 5) is 20.6. The van der Waals surface area contributed by atoms with Crippen molar-refractivity contribution in [1.82, 2.24) is 4.98 Å². The molecule has 1 aromatic heterocycles. The maximum atomic E-state index is 14.4. The number of thiazole rings is 1. The number of fused-ring (bicyclic) bond motifs is 1. The lowest BCUT2D eigenvalue weighted by Gasteiger charge is -2.26. The first kappa shape index (κ1) is 20.0. The van der Waals surface area contributed by atoms with Crippen LogP contribution in [-0.4, -0.2) is 38.4 Å². The van der Waals surface area contributed by atoms with E-state index in [0.717, 1.165) is 12.0 Å². The number of hydrogen-bond acceptors (Lipinski definition) is 6. The van der Waals surface area contributed by atoms with Gasteiger partial charge in [-0.05, 0) is 48.7 Å². The fourth-order valence-electron chi connectivity index (χ4n) is 4.21. The Labute approximate surface area is 186 Å². The number of para-hydroxylation sites is 1. The Morgan fingerprint density at radius 2 is 1.97 bits per heavy atom. The van der Waals surface area contributed by atoms with E-state index in [4.69, 9.17) is 0 Å². The molecule has 0 spiro atoms. The van der Waals surface area contributed by atoms with Gasteiger partial charge in [0.1, 0.15) is 11.9 Å². The molecule has 1 fully saturated rings. The summed E-state index contributed by atoms with van der Waals surface area (Å²) in [6, 6.07) is 10.8. The van der Waals surface area contributed by atoms with Crippen molar-refractivity contribution in [2.24, 2.45) is 0 Å². The number of nitrogens with zero attached hydrogens (tertiary/aromatic N) is 3. The Morgan fingerprint density at radius 1 is 1.16 bits per heavy atom. The third kappa shape index (κ3) is 3.55. The maximum absolute atomic E-state index is 14.4. The van der Waals surface area contributed by atoms with Crippen LogP contribution in [0, 0.1) is 5.82 Å². The lowest BCUT2D eigenvalue weighted by Crippen LogP contribution is -2.41. The van der Waals surface area contributed by atoms with Gasteiger partial charge in [-0.2, -0.15) is 0 Å². The quantitative estimate of drug-likeness (QED) is 0.625. The number of halogens is 1. The van der Waals surface area contributed by atoms with Gasteiger partial charge in [0.15, 0.2) is 5.13 Å². The van der Waals surface area contributed by atoms with E-state index in [1.807, 2.05) is 11.0 Å². The molecule has 0 aliphatic carbocycles. The maximum Gasteiger partial charge on any atom is 0.263 e. The van der Waals surface area contributed by atoms with Gasteiger partial charge in [-0.25, -0.2) is 17.8 Å². The predicted molar refractivity (Wildman–Crippen MR) is 122 cm³/mol. The molecule has 0 unspecified atom stereocenters. The first-order chi connectivity index (χ1) is 14.9. The van der Waals surface area contributed by atoms with E-state index < -0.39 is 16.1 Å². The standard InChI is InChI=1S/C21H19FN4O3S2.2H2/c22-17-3-1-2-14-8-11-26(19(14)17)18-9-12-25(20(18)27)15-4-6-16(7-5-15)31(28,29)24-21-23-10-13-30-21;;/h1-7,10,13,18H,8-9,11-12H2,(H,23,24);2*1H/t18-;;/m0../s1. The van der Waals surface area contributed by atoms with Gasteiger partial charge in [0.2, 0.25) is 5.91 Å². The molecule has 1 atom stereocenters. The molecule has 10 heteroatoms. The van der Waals surface area contributed by atoms with Crippen LogP contribution >= 0.6 is 11.3 Å². The molecule has 1 amide bonds. The Balaban J connectivity index is 0.00000153. The molecule has 1 N–H and O–H groups in total. The number of amides is 1. The second-order valence-corrected chi connectivity index (χ2v) is 10.00. The minimum Gasteiger partial charge on any atom is -0.357 e. The molecular formula is C21H23FN4O3S2. The Bertz CT molecular complexity index is 1240. The van der Waals surface area contributed by atoms with Crippen LogP contribution in [0.4, 0.5) is 20.9 Å². The first-order valence-electron chi connectivity index (χ1n) is 9.82. The molecule has 1 saturated heterocycles. The zero-order valence-corrected chi connectivity index (χ0v) is 18.0. The van der Waals surface area contributed by atoms with Crippen LogP contribution in [0.3, 0.4) is 0 Å². The van der Waals surface area contributed by atoms with E-state index in [-0.39, 0.29) is 19.5 Å². The minimum absolute atomic E-state index is 0. The Morgan fingerprint density at radius 3 is 2.71 bits per heavy atom. The third-order valence-electron chi connectivity index (χ3n) is 5.65. The molecular weight excluding hydrogens is 439 g/mol. The summed E-state index contributed by atoms with van der Waals surface area (Å²) < 4.78 is 41.8. The van der Waals surface area contributed by atoms with Gasteiger partial charge < -0.3 is 9.80 Å². The number of aromatic nitrogens is 1. The van der Waals surface area contributed by atoms with Crippen molar-refractivity contribution >= 4 is 43.8 Å². The van der Waals surface area contributed by atoms with Crippen LogP contribution in [0.25, 0.3) is 0 Å². The van der Waals surface area contributed by atoms with Crippen molar-refractivity contribution in [2.75, 3.05) is 27.6 Å². The van der Waals surface area contributed by atoms with Gasteiger partial charge in [-0.15, -0.1) is 11.3 Å². The average Bonchev–Trinajstić information content (AvgIpc) is 3.48. The molecule has 0 bridgehead atoms. The number of carbonyl (C=O) groups is 1. The highest BCUT2D eigenvalue weighted by atomic mass is 32.2. The summed E-state index contributed by atoms with van der Waals surface area (Å²) in [6.07, 6.45) is 2.82. The summed E-state index contributed by atoms with van der Waals surface area (Å²) in [5.74, 6) is -0.406. The summed E-state index contributed by atoms with van der Waals surface area (Å²) in [7, 11) is -3.75. The van der Waals surface area contributed by atoms with Crippen molar-refractivity contribution in [3.8, 4) is 0 Å². The lowest BCUT2D eigenvalue weighted by molar-refractivity contribution is -0.118. The van der Waals surface area contributed by atoms with Gasteiger partial charge in [-0.3, -0.25) is 9.52 Å². The average molecular weight is 463 g/mol. The Hall–Kier alpha value is -2.98.